The summed E-state index contributed by atoms with van der Waals surface area (Å²) in [6.45, 7) is 3.09. The molecule has 0 fully saturated rings. The van der Waals surface area contributed by atoms with Crippen molar-refractivity contribution in [2.24, 2.45) is 0 Å². The van der Waals surface area contributed by atoms with Gasteiger partial charge in [0.2, 0.25) is 0 Å². The second-order valence-electron chi connectivity index (χ2n) is 3.34. The van der Waals surface area contributed by atoms with Crippen LogP contribution in [0.1, 0.15) is 0 Å². The quantitative estimate of drug-likeness (QED) is 0.309. The molecule has 0 aliphatic rings. The lowest BCUT2D eigenvalue weighted by molar-refractivity contribution is -0.141. The molecule has 0 aromatic carbocycles. The molecule has 0 amide bonds. The summed E-state index contributed by atoms with van der Waals surface area (Å²) in [4.78, 5) is 0. The van der Waals surface area contributed by atoms with Crippen LogP contribution in [0.3, 0.4) is 0 Å². The minimum atomic E-state index is -0.904. The maximum atomic E-state index is 9.13. The molecule has 0 aromatic rings. The first kappa shape index (κ1) is 17.7. The molecule has 0 rings (SSSR count). The molecule has 110 valence electrons. The Labute approximate surface area is 108 Å². The van der Waals surface area contributed by atoms with Crippen molar-refractivity contribution in [2.45, 2.75) is 6.29 Å². The molecular formula is C11H24O7. The van der Waals surface area contributed by atoms with E-state index < -0.39 is 6.29 Å². The predicted molar refractivity (Wildman–Crippen MR) is 63.4 cm³/mol. The van der Waals surface area contributed by atoms with Gasteiger partial charge in [-0.1, -0.05) is 0 Å². The van der Waals surface area contributed by atoms with Gasteiger partial charge in [0.15, 0.2) is 6.29 Å². The maximum absolute atomic E-state index is 9.13. The fraction of sp³-hybridized carbons (Fsp3) is 1.00. The summed E-state index contributed by atoms with van der Waals surface area (Å²) in [6.07, 6.45) is -0.904. The van der Waals surface area contributed by atoms with Crippen LogP contribution >= 0.6 is 0 Å². The van der Waals surface area contributed by atoms with Crippen molar-refractivity contribution in [1.29, 1.82) is 0 Å². The first-order valence-electron chi connectivity index (χ1n) is 5.94. The number of aliphatic hydroxyl groups is 2. The molecule has 0 heterocycles. The molecule has 0 bridgehead atoms. The highest BCUT2D eigenvalue weighted by Gasteiger charge is 2.01. The molecule has 7 heteroatoms. The Kier molecular flexibility index (Phi) is 14.5. The van der Waals surface area contributed by atoms with Gasteiger partial charge in [-0.05, 0) is 0 Å². The first-order valence-corrected chi connectivity index (χ1v) is 5.94. The van der Waals surface area contributed by atoms with Crippen LogP contribution in [0.4, 0.5) is 0 Å². The van der Waals surface area contributed by atoms with Crippen molar-refractivity contribution < 1.29 is 33.9 Å². The van der Waals surface area contributed by atoms with Crippen molar-refractivity contribution in [2.75, 3.05) is 66.6 Å². The van der Waals surface area contributed by atoms with E-state index in [1.807, 2.05) is 0 Å². The molecule has 0 aromatic heterocycles. The largest absolute Gasteiger partial charge is 0.394 e. The summed E-state index contributed by atoms with van der Waals surface area (Å²) in [5.41, 5.74) is 0. The average molecular weight is 268 g/mol. The van der Waals surface area contributed by atoms with E-state index in [-0.39, 0.29) is 13.2 Å². The first-order chi connectivity index (χ1) is 8.81. The van der Waals surface area contributed by atoms with Crippen LogP contribution in [0.25, 0.3) is 0 Å². The molecule has 18 heavy (non-hydrogen) atoms. The van der Waals surface area contributed by atoms with E-state index in [0.717, 1.165) is 0 Å². The molecule has 1 unspecified atom stereocenters. The molecule has 0 saturated carbocycles. The fourth-order valence-electron chi connectivity index (χ4n) is 1.04. The lowest BCUT2D eigenvalue weighted by atomic mass is 10.6. The summed E-state index contributed by atoms with van der Waals surface area (Å²) in [5, 5.41) is 17.6. The summed E-state index contributed by atoms with van der Waals surface area (Å²) in [7, 11) is 1.49. The topological polar surface area (TPSA) is 86.6 Å². The van der Waals surface area contributed by atoms with E-state index in [1.54, 1.807) is 0 Å². The number of hydrogen-bond acceptors (Lipinski definition) is 7. The van der Waals surface area contributed by atoms with Crippen LogP contribution < -0.4 is 0 Å². The zero-order chi connectivity index (χ0) is 13.5. The highest BCUT2D eigenvalue weighted by atomic mass is 16.6. The van der Waals surface area contributed by atoms with Gasteiger partial charge in [-0.2, -0.15) is 0 Å². The van der Waals surface area contributed by atoms with Gasteiger partial charge in [0.05, 0.1) is 59.5 Å². The van der Waals surface area contributed by atoms with Crippen molar-refractivity contribution >= 4 is 0 Å². The van der Waals surface area contributed by atoms with Gasteiger partial charge in [0.1, 0.15) is 0 Å². The zero-order valence-electron chi connectivity index (χ0n) is 10.9. The van der Waals surface area contributed by atoms with Crippen LogP contribution in [0.5, 0.6) is 0 Å². The van der Waals surface area contributed by atoms with E-state index in [9.17, 15) is 0 Å². The van der Waals surface area contributed by atoms with Gasteiger partial charge in [-0.3, -0.25) is 0 Å². The second-order valence-corrected chi connectivity index (χ2v) is 3.34. The number of rotatable bonds is 14. The van der Waals surface area contributed by atoms with Crippen LogP contribution in [0, 0.1) is 0 Å². The lowest BCUT2D eigenvalue weighted by Crippen LogP contribution is -2.21. The van der Waals surface area contributed by atoms with E-state index in [2.05, 4.69) is 0 Å². The molecule has 0 spiro atoms. The van der Waals surface area contributed by atoms with Gasteiger partial charge in [0.25, 0.3) is 0 Å². The van der Waals surface area contributed by atoms with Crippen molar-refractivity contribution in [1.82, 2.24) is 0 Å². The number of hydrogen-bond donors (Lipinski definition) is 2. The second kappa shape index (κ2) is 14.8. The summed E-state index contributed by atoms with van der Waals surface area (Å²) in [5.74, 6) is 0. The smallest absolute Gasteiger partial charge is 0.178 e. The molecule has 1 atom stereocenters. The maximum Gasteiger partial charge on any atom is 0.178 e. The Morgan fingerprint density at radius 3 is 1.83 bits per heavy atom. The highest BCUT2D eigenvalue weighted by Crippen LogP contribution is 1.88. The zero-order valence-corrected chi connectivity index (χ0v) is 10.9. The summed E-state index contributed by atoms with van der Waals surface area (Å²) >= 11 is 0. The standard InChI is InChI=1S/C11H24O7/c1-14-10-11(13)18-9-8-17-7-6-16-5-4-15-3-2-12/h11-13H,2-10H2,1H3. The molecular weight excluding hydrogens is 244 g/mol. The molecule has 2 N–H and O–H groups in total. The van der Waals surface area contributed by atoms with Gasteiger partial charge in [-0.25, -0.2) is 0 Å². The van der Waals surface area contributed by atoms with Crippen LogP contribution in [-0.4, -0.2) is 83.1 Å². The third-order valence-electron chi connectivity index (χ3n) is 1.83. The van der Waals surface area contributed by atoms with Gasteiger partial charge >= 0.3 is 0 Å². The van der Waals surface area contributed by atoms with Gasteiger partial charge in [-0.15, -0.1) is 0 Å². The number of ether oxygens (including phenoxy) is 5. The van der Waals surface area contributed by atoms with Gasteiger partial charge < -0.3 is 33.9 Å². The third kappa shape index (κ3) is 13.8. The normalized spacial score (nSPS) is 12.8. The van der Waals surface area contributed by atoms with Crippen molar-refractivity contribution in [3.8, 4) is 0 Å². The SMILES string of the molecule is COCC(O)OCCOCCOCCOCCO. The van der Waals surface area contributed by atoms with Crippen LogP contribution in [-0.2, 0) is 23.7 Å². The Morgan fingerprint density at radius 1 is 0.833 bits per heavy atom. The molecule has 0 saturated heterocycles. The molecule has 0 aliphatic heterocycles. The van der Waals surface area contributed by atoms with Crippen LogP contribution in [0.2, 0.25) is 0 Å². The predicted octanol–water partition coefficient (Wildman–Crippen LogP) is -0.990. The summed E-state index contributed by atoms with van der Waals surface area (Å²) in [6, 6.07) is 0. The van der Waals surface area contributed by atoms with Crippen molar-refractivity contribution in [3.05, 3.63) is 0 Å². The Bertz CT molecular complexity index is 156. The van der Waals surface area contributed by atoms with Gasteiger partial charge in [0, 0.05) is 7.11 Å². The number of aliphatic hydroxyl groups excluding tert-OH is 2. The van der Waals surface area contributed by atoms with E-state index >= 15 is 0 Å². The molecule has 7 nitrogen and oxygen atoms in total. The Balaban J connectivity index is 2.98. The Hall–Kier alpha value is -0.280. The monoisotopic (exact) mass is 268 g/mol. The van der Waals surface area contributed by atoms with Crippen molar-refractivity contribution in [3.63, 3.8) is 0 Å². The van der Waals surface area contributed by atoms with Crippen LogP contribution in [0.15, 0.2) is 0 Å². The molecule has 0 radical (unpaired) electrons. The minimum Gasteiger partial charge on any atom is -0.394 e. The highest BCUT2D eigenvalue weighted by molar-refractivity contribution is 4.38. The third-order valence-corrected chi connectivity index (χ3v) is 1.83. The minimum absolute atomic E-state index is 0.0258. The molecule has 0 aliphatic carbocycles. The van der Waals surface area contributed by atoms with E-state index in [1.165, 1.54) is 7.11 Å². The lowest BCUT2D eigenvalue weighted by Gasteiger charge is -2.11. The summed E-state index contributed by atoms with van der Waals surface area (Å²) < 4.78 is 25.1. The number of methoxy groups -OCH3 is 1. The van der Waals surface area contributed by atoms with E-state index in [0.29, 0.717) is 46.2 Å². The Morgan fingerprint density at radius 2 is 1.33 bits per heavy atom. The van der Waals surface area contributed by atoms with E-state index in [4.69, 9.17) is 33.9 Å². The average Bonchev–Trinajstić information content (AvgIpc) is 2.36. The fourth-order valence-corrected chi connectivity index (χ4v) is 1.04.